The fourth-order valence-electron chi connectivity index (χ4n) is 8.92. The number of rotatable bonds is 36. The molecular weight excluding hydrogens is 1040 g/mol. The molecule has 0 aliphatic carbocycles. The number of nitrogens with one attached hydrogen (secondary N) is 5. The number of ether oxygens (including phenoxy) is 7. The number of amides is 5. The average molecular weight is 1140 g/mol. The molecule has 0 aromatic carbocycles. The quantitative estimate of drug-likeness (QED) is 0.0301. The van der Waals surface area contributed by atoms with Crippen molar-refractivity contribution in [3.63, 3.8) is 0 Å². The Morgan fingerprint density at radius 2 is 0.722 bits per heavy atom. The summed E-state index contributed by atoms with van der Waals surface area (Å²) < 4.78 is 39.1. The van der Waals surface area contributed by atoms with Gasteiger partial charge in [-0.25, -0.2) is 0 Å². The van der Waals surface area contributed by atoms with Gasteiger partial charge in [-0.3, -0.25) is 24.0 Å². The van der Waals surface area contributed by atoms with E-state index in [0.717, 1.165) is 5.92 Å². The molecular formula is C53H99N5O21. The van der Waals surface area contributed by atoms with Gasteiger partial charge in [-0.2, -0.15) is 0 Å². The van der Waals surface area contributed by atoms with E-state index in [-0.39, 0.29) is 103 Å². The van der Waals surface area contributed by atoms with Gasteiger partial charge in [0.25, 0.3) is 0 Å². The van der Waals surface area contributed by atoms with Crippen LogP contribution in [-0.2, 0) is 57.1 Å². The van der Waals surface area contributed by atoms with Gasteiger partial charge in [-0.05, 0) is 57.3 Å². The smallest absolute Gasteiger partial charge is 0.220 e. The van der Waals surface area contributed by atoms with Crippen molar-refractivity contribution in [3.8, 4) is 0 Å². The summed E-state index contributed by atoms with van der Waals surface area (Å²) in [5, 5.41) is 104. The van der Waals surface area contributed by atoms with Crippen molar-refractivity contribution in [2.45, 2.75) is 204 Å². The first kappa shape index (κ1) is 71.8. The largest absolute Gasteiger partial charge is 0.394 e. The lowest BCUT2D eigenvalue weighted by Gasteiger charge is -2.40. The van der Waals surface area contributed by atoms with Crippen molar-refractivity contribution in [1.29, 1.82) is 0 Å². The molecule has 5 amide bonds. The summed E-state index contributed by atoms with van der Waals surface area (Å²) in [7, 11) is 1.56. The molecule has 3 rings (SSSR count). The highest BCUT2D eigenvalue weighted by Crippen LogP contribution is 2.30. The number of aliphatic hydroxyl groups excluding tert-OH is 9. The molecule has 3 aliphatic rings. The van der Waals surface area contributed by atoms with E-state index in [1.807, 2.05) is 0 Å². The van der Waals surface area contributed by atoms with E-state index in [1.165, 1.54) is 0 Å². The average Bonchev–Trinajstić information content (AvgIpc) is 3.43. The highest BCUT2D eigenvalue weighted by atomic mass is 16.7. The van der Waals surface area contributed by atoms with Crippen LogP contribution in [-0.4, -0.2) is 234 Å². The molecule has 0 spiro atoms. The van der Waals surface area contributed by atoms with Crippen LogP contribution in [0.4, 0.5) is 0 Å². The van der Waals surface area contributed by atoms with Crippen molar-refractivity contribution >= 4 is 29.5 Å². The lowest BCUT2D eigenvalue weighted by molar-refractivity contribution is -0.282. The lowest BCUT2D eigenvalue weighted by Crippen LogP contribution is -2.55. The van der Waals surface area contributed by atoms with Gasteiger partial charge < -0.3 is 106 Å². The van der Waals surface area contributed by atoms with Gasteiger partial charge in [-0.15, -0.1) is 0 Å². The minimum absolute atomic E-state index is 0.00337. The molecule has 6 unspecified atom stereocenters. The summed E-state index contributed by atoms with van der Waals surface area (Å²) in [4.78, 5) is 66.4. The van der Waals surface area contributed by atoms with Gasteiger partial charge in [0.05, 0.1) is 58.0 Å². The second-order valence-electron chi connectivity index (χ2n) is 21.5. The van der Waals surface area contributed by atoms with Gasteiger partial charge in [0.2, 0.25) is 29.5 Å². The molecule has 79 heavy (non-hydrogen) atoms. The van der Waals surface area contributed by atoms with E-state index in [0.29, 0.717) is 38.8 Å². The summed E-state index contributed by atoms with van der Waals surface area (Å²) in [5.41, 5.74) is -1.28. The second-order valence-corrected chi connectivity index (χ2v) is 21.5. The van der Waals surface area contributed by atoms with E-state index >= 15 is 0 Å². The van der Waals surface area contributed by atoms with Crippen LogP contribution in [0.15, 0.2) is 0 Å². The molecule has 15 atom stereocenters. The fraction of sp³-hybridized carbons (Fsp3) is 0.906. The van der Waals surface area contributed by atoms with Gasteiger partial charge in [0.15, 0.2) is 18.9 Å². The monoisotopic (exact) mass is 1140 g/mol. The fourth-order valence-corrected chi connectivity index (χ4v) is 8.92. The Labute approximate surface area is 465 Å². The van der Waals surface area contributed by atoms with E-state index in [4.69, 9.17) is 33.2 Å². The highest BCUT2D eigenvalue weighted by molar-refractivity contribution is 5.81. The van der Waals surface area contributed by atoms with E-state index in [2.05, 4.69) is 47.4 Å². The molecule has 0 aromatic rings. The van der Waals surface area contributed by atoms with Gasteiger partial charge in [-0.1, -0.05) is 41.5 Å². The lowest BCUT2D eigenvalue weighted by atomic mass is 9.82. The number of aliphatic hydroxyl groups is 9. The van der Waals surface area contributed by atoms with Crippen molar-refractivity contribution in [3.05, 3.63) is 0 Å². The first-order valence-electron chi connectivity index (χ1n) is 28.1. The van der Waals surface area contributed by atoms with E-state index in [1.54, 1.807) is 27.9 Å². The third-order valence-corrected chi connectivity index (χ3v) is 13.9. The highest BCUT2D eigenvalue weighted by Gasteiger charge is 2.45. The predicted octanol–water partition coefficient (Wildman–Crippen LogP) is -2.04. The molecule has 3 fully saturated rings. The van der Waals surface area contributed by atoms with Gasteiger partial charge in [0.1, 0.15) is 36.6 Å². The molecule has 0 saturated carbocycles. The SMILES string of the molecule is CC(C)C.COCCCNC(=O)CCCC(=O)NC(CCC(=O)NCCCO[C@@H]1OC(CO)[C@H](O)[C@H](O)C1C)(CCC(=O)NCCCO[C@@H]1OC(CO)[C@H](O)[C@H](O)C1C)CCC(=O)NCCCO[C@@H]1OC(CO)[C@H](O)[C@H](O)C1C. The summed E-state index contributed by atoms with van der Waals surface area (Å²) in [6.45, 7) is 11.5. The molecule has 0 aromatic heterocycles. The zero-order valence-corrected chi connectivity index (χ0v) is 47.6. The summed E-state index contributed by atoms with van der Waals surface area (Å²) in [6, 6.07) is 0. The predicted molar refractivity (Wildman–Crippen MR) is 284 cm³/mol. The van der Waals surface area contributed by atoms with Crippen LogP contribution < -0.4 is 26.6 Å². The second kappa shape index (κ2) is 39.2. The maximum Gasteiger partial charge on any atom is 0.220 e. The van der Waals surface area contributed by atoms with Crippen LogP contribution in [0.5, 0.6) is 0 Å². The van der Waals surface area contributed by atoms with Crippen molar-refractivity contribution < 1.29 is 103 Å². The number of carbonyl (C=O) groups is 5. The number of carbonyl (C=O) groups excluding carboxylic acids is 5. The normalized spacial score (nSPS) is 29.6. The van der Waals surface area contributed by atoms with Gasteiger partial charge >= 0.3 is 0 Å². The maximum absolute atomic E-state index is 13.7. The third kappa shape index (κ3) is 26.7. The topological polar surface area (TPSA) is 392 Å². The molecule has 3 saturated heterocycles. The Hall–Kier alpha value is -3.29. The Morgan fingerprint density at radius 3 is 1.01 bits per heavy atom. The number of hydrogen-bond acceptors (Lipinski definition) is 21. The van der Waals surface area contributed by atoms with Crippen LogP contribution in [0, 0.1) is 23.7 Å². The minimum atomic E-state index is -1.28. The van der Waals surface area contributed by atoms with E-state index in [9.17, 15) is 69.9 Å². The standard InChI is InChI=1S/C49H89N5O21.C4H10/c1-29-40(63)43(66)32(26-55)73-46(29)70-23-7-19-51-36(59)12-15-49(54-39(62)11-5-10-35(58)50-18-6-22-69-4,16-13-37(60)52-20-8-24-71-47-30(2)41(64)44(67)33(27-56)74-47)17-14-38(61)53-21-9-25-72-48-31(3)42(65)45(68)34(28-57)75-48;1-4(2)3/h29-34,40-48,55-57,63-68H,5-28H2,1-4H3,(H,50,58)(H,51,59)(H,52,60)(H,53,61)(H,54,62);4H,1-3H3/t29?,30?,31?,32?,33?,34?,40-,41-,42-,43+,44+,45+,46-,47-,48-,49?;/m1./s1. The zero-order chi connectivity index (χ0) is 59.1. The first-order valence-corrected chi connectivity index (χ1v) is 28.1. The van der Waals surface area contributed by atoms with E-state index < -0.39 is 141 Å². The minimum Gasteiger partial charge on any atom is -0.394 e. The molecule has 0 radical (unpaired) electrons. The summed E-state index contributed by atoms with van der Waals surface area (Å²) in [5.74, 6) is -2.89. The van der Waals surface area contributed by atoms with Crippen LogP contribution in [0.25, 0.3) is 0 Å². The Bertz CT molecular complexity index is 1570. The van der Waals surface area contributed by atoms with Crippen molar-refractivity contribution in [2.24, 2.45) is 23.7 Å². The molecule has 462 valence electrons. The third-order valence-electron chi connectivity index (χ3n) is 13.9. The molecule has 0 bridgehead atoms. The van der Waals surface area contributed by atoms with Gasteiger partial charge in [0, 0.05) is 95.3 Å². The van der Waals surface area contributed by atoms with Crippen LogP contribution in [0.3, 0.4) is 0 Å². The Balaban J connectivity index is 0.00000514. The molecule has 3 aliphatic heterocycles. The maximum atomic E-state index is 13.7. The number of hydrogen-bond donors (Lipinski definition) is 14. The van der Waals surface area contributed by atoms with Crippen molar-refractivity contribution in [1.82, 2.24) is 26.6 Å². The van der Waals surface area contributed by atoms with Crippen LogP contribution >= 0.6 is 0 Å². The molecule has 26 nitrogen and oxygen atoms in total. The number of methoxy groups -OCH3 is 1. The van der Waals surface area contributed by atoms with Crippen LogP contribution in [0.1, 0.15) is 125 Å². The molecule has 26 heteroatoms. The van der Waals surface area contributed by atoms with Crippen LogP contribution in [0.2, 0.25) is 0 Å². The van der Waals surface area contributed by atoms with Crippen molar-refractivity contribution in [2.75, 3.05) is 79.5 Å². The summed E-state index contributed by atoms with van der Waals surface area (Å²) in [6.07, 6.45) is -11.9. The Morgan fingerprint density at radius 1 is 0.443 bits per heavy atom. The molecule has 14 N–H and O–H groups in total. The summed E-state index contributed by atoms with van der Waals surface area (Å²) >= 11 is 0. The molecule has 3 heterocycles. The zero-order valence-electron chi connectivity index (χ0n) is 47.6. The Kier molecular flexibility index (Phi) is 35.7. The first-order chi connectivity index (χ1) is 37.5.